The van der Waals surface area contributed by atoms with Gasteiger partial charge in [-0.3, -0.25) is 19.5 Å². The van der Waals surface area contributed by atoms with Gasteiger partial charge in [-0.15, -0.1) is 10.2 Å². The predicted octanol–water partition coefficient (Wildman–Crippen LogP) is 2.87. The van der Waals surface area contributed by atoms with Crippen molar-refractivity contribution < 1.29 is 14.6 Å². The summed E-state index contributed by atoms with van der Waals surface area (Å²) in [5.41, 5.74) is 2.04. The molecule has 33 heavy (non-hydrogen) atoms. The van der Waals surface area contributed by atoms with Crippen LogP contribution in [0.15, 0.2) is 53.7 Å². The molecule has 2 N–H and O–H groups in total. The number of aromatic nitrogens is 3. The van der Waals surface area contributed by atoms with Crippen molar-refractivity contribution in [3.8, 4) is 0 Å². The van der Waals surface area contributed by atoms with Crippen LogP contribution in [0.5, 0.6) is 0 Å². The number of nitrogens with zero attached hydrogens (tertiary/aromatic N) is 4. The number of rotatable bonds is 10. The van der Waals surface area contributed by atoms with E-state index in [0.29, 0.717) is 23.0 Å². The summed E-state index contributed by atoms with van der Waals surface area (Å²) in [4.78, 5) is 24.5. The number of hydrogen-bond acceptors (Lipinski definition) is 6. The zero-order valence-electron chi connectivity index (χ0n) is 19.2. The Morgan fingerprint density at radius 2 is 1.94 bits per heavy atom. The summed E-state index contributed by atoms with van der Waals surface area (Å²) >= 11 is 1.30. The van der Waals surface area contributed by atoms with Crippen molar-refractivity contribution in [2.45, 2.75) is 38.0 Å². The standard InChI is InChI=1S/C23H28N6O3S/c1-5-19(27(3)4)22-25-26-23(28(22)14-17-9-7-6-8-10-17)33-15-21(30)24-18-12-11-16(2)20(13-18)29(31)32/h6-13,19H,5,14-15H2,1-4H3,(H,24,30)/p+1/t19-/m0/s1. The van der Waals surface area contributed by atoms with Gasteiger partial charge in [0.15, 0.2) is 11.0 Å². The van der Waals surface area contributed by atoms with Gasteiger partial charge in [0.2, 0.25) is 5.91 Å². The smallest absolute Gasteiger partial charge is 0.274 e. The van der Waals surface area contributed by atoms with Gasteiger partial charge in [-0.2, -0.15) is 0 Å². The summed E-state index contributed by atoms with van der Waals surface area (Å²) in [5, 5.41) is 23.4. The third-order valence-electron chi connectivity index (χ3n) is 5.37. The molecule has 174 valence electrons. The van der Waals surface area contributed by atoms with Crippen molar-refractivity contribution in [3.05, 3.63) is 75.6 Å². The van der Waals surface area contributed by atoms with E-state index < -0.39 is 4.92 Å². The van der Waals surface area contributed by atoms with Crippen molar-refractivity contribution >= 4 is 29.0 Å². The van der Waals surface area contributed by atoms with Crippen LogP contribution >= 0.6 is 11.8 Å². The molecule has 1 atom stereocenters. The van der Waals surface area contributed by atoms with Gasteiger partial charge < -0.3 is 10.2 Å². The van der Waals surface area contributed by atoms with Crippen molar-refractivity contribution in [2.75, 3.05) is 25.2 Å². The fourth-order valence-electron chi connectivity index (χ4n) is 3.64. The monoisotopic (exact) mass is 469 g/mol. The lowest BCUT2D eigenvalue weighted by Crippen LogP contribution is -3.06. The molecule has 0 unspecified atom stereocenters. The number of hydrogen-bond donors (Lipinski definition) is 2. The van der Waals surface area contributed by atoms with Gasteiger partial charge >= 0.3 is 0 Å². The maximum absolute atomic E-state index is 12.6. The Morgan fingerprint density at radius 3 is 2.58 bits per heavy atom. The molecular formula is C23H29N6O3S+. The van der Waals surface area contributed by atoms with Crippen molar-refractivity contribution in [1.82, 2.24) is 14.8 Å². The van der Waals surface area contributed by atoms with E-state index in [4.69, 9.17) is 0 Å². The van der Waals surface area contributed by atoms with Gasteiger partial charge in [0.1, 0.15) is 6.04 Å². The first-order valence-electron chi connectivity index (χ1n) is 10.7. The molecule has 1 heterocycles. The minimum Gasteiger partial charge on any atom is -0.331 e. The van der Waals surface area contributed by atoms with Crippen LogP contribution in [0.4, 0.5) is 11.4 Å². The topological polar surface area (TPSA) is 107 Å². The molecule has 0 spiro atoms. The van der Waals surface area contributed by atoms with E-state index in [1.54, 1.807) is 19.1 Å². The molecule has 0 saturated carbocycles. The Labute approximate surface area is 197 Å². The quantitative estimate of drug-likeness (QED) is 0.269. The first-order valence-corrected chi connectivity index (χ1v) is 11.7. The number of aryl methyl sites for hydroxylation is 1. The molecule has 0 bridgehead atoms. The lowest BCUT2D eigenvalue weighted by atomic mass is 10.2. The SMILES string of the molecule is CC[C@@H](c1nnc(SCC(=O)Nc2ccc(C)c([N+](=O)[O-])c2)n1Cc1ccccc1)[NH+](C)C. The van der Waals surface area contributed by atoms with Crippen LogP contribution in [0.25, 0.3) is 0 Å². The number of anilines is 1. The predicted molar refractivity (Wildman–Crippen MR) is 129 cm³/mol. The number of carbonyl (C=O) groups excluding carboxylic acids is 1. The molecule has 0 fully saturated rings. The molecule has 10 heteroatoms. The number of nitro benzene ring substituents is 1. The summed E-state index contributed by atoms with van der Waals surface area (Å²) in [5.74, 6) is 0.734. The summed E-state index contributed by atoms with van der Waals surface area (Å²) in [7, 11) is 4.19. The summed E-state index contributed by atoms with van der Waals surface area (Å²) in [6.07, 6.45) is 0.909. The maximum atomic E-state index is 12.6. The van der Waals surface area contributed by atoms with Crippen molar-refractivity contribution in [2.24, 2.45) is 0 Å². The zero-order chi connectivity index (χ0) is 24.0. The molecule has 1 aromatic heterocycles. The van der Waals surface area contributed by atoms with Gasteiger partial charge in [0.25, 0.3) is 5.69 Å². The highest BCUT2D eigenvalue weighted by atomic mass is 32.2. The Morgan fingerprint density at radius 1 is 1.21 bits per heavy atom. The molecule has 2 aromatic carbocycles. The van der Waals surface area contributed by atoms with E-state index in [1.165, 1.54) is 22.7 Å². The van der Waals surface area contributed by atoms with Crippen LogP contribution in [-0.2, 0) is 11.3 Å². The first-order chi connectivity index (χ1) is 15.8. The molecule has 9 nitrogen and oxygen atoms in total. The van der Waals surface area contributed by atoms with Gasteiger partial charge in [-0.1, -0.05) is 55.1 Å². The number of benzene rings is 2. The van der Waals surface area contributed by atoms with Gasteiger partial charge in [0.05, 0.1) is 31.3 Å². The Bertz CT molecular complexity index is 1120. The van der Waals surface area contributed by atoms with Gasteiger partial charge in [-0.05, 0) is 18.6 Å². The normalized spacial score (nSPS) is 12.0. The lowest BCUT2D eigenvalue weighted by Gasteiger charge is -2.20. The van der Waals surface area contributed by atoms with Crippen molar-refractivity contribution in [1.29, 1.82) is 0 Å². The Hall–Kier alpha value is -3.24. The second-order valence-electron chi connectivity index (χ2n) is 8.05. The minimum atomic E-state index is -0.454. The second kappa shape index (κ2) is 11.1. The van der Waals surface area contributed by atoms with E-state index in [9.17, 15) is 14.9 Å². The fraction of sp³-hybridized carbons (Fsp3) is 0.348. The molecule has 0 aliphatic carbocycles. The van der Waals surface area contributed by atoms with Crippen molar-refractivity contribution in [3.63, 3.8) is 0 Å². The largest absolute Gasteiger partial charge is 0.331 e. The van der Waals surface area contributed by atoms with E-state index in [-0.39, 0.29) is 23.4 Å². The number of thioether (sulfide) groups is 1. The zero-order valence-corrected chi connectivity index (χ0v) is 20.1. The maximum Gasteiger partial charge on any atom is 0.274 e. The minimum absolute atomic E-state index is 0.0236. The molecule has 0 aliphatic heterocycles. The average molecular weight is 470 g/mol. The van der Waals surface area contributed by atoms with E-state index in [2.05, 4.69) is 53.2 Å². The lowest BCUT2D eigenvalue weighted by molar-refractivity contribution is -0.893. The molecule has 1 amide bonds. The average Bonchev–Trinajstić information content (AvgIpc) is 3.16. The van der Waals surface area contributed by atoms with Gasteiger partial charge in [-0.25, -0.2) is 0 Å². The number of quaternary nitrogens is 1. The van der Waals surface area contributed by atoms with Crippen LogP contribution in [0.2, 0.25) is 0 Å². The molecule has 0 radical (unpaired) electrons. The highest BCUT2D eigenvalue weighted by molar-refractivity contribution is 7.99. The summed E-state index contributed by atoms with van der Waals surface area (Å²) in [6, 6.07) is 14.9. The number of amides is 1. The molecule has 0 saturated heterocycles. The van der Waals surface area contributed by atoms with Crippen LogP contribution in [0, 0.1) is 17.0 Å². The molecule has 3 rings (SSSR count). The Balaban J connectivity index is 1.77. The van der Waals surface area contributed by atoms with Crippen LogP contribution < -0.4 is 10.2 Å². The van der Waals surface area contributed by atoms with Crippen LogP contribution in [-0.4, -0.2) is 45.4 Å². The highest BCUT2D eigenvalue weighted by Crippen LogP contribution is 2.24. The second-order valence-corrected chi connectivity index (χ2v) is 8.99. The molecule has 3 aromatic rings. The third-order valence-corrected chi connectivity index (χ3v) is 6.33. The van der Waals surface area contributed by atoms with Gasteiger partial charge in [0, 0.05) is 23.7 Å². The Kier molecular flexibility index (Phi) is 8.18. The molecule has 0 aliphatic rings. The number of carbonyl (C=O) groups is 1. The van der Waals surface area contributed by atoms with Crippen LogP contribution in [0.1, 0.15) is 36.3 Å². The summed E-state index contributed by atoms with van der Waals surface area (Å²) < 4.78 is 2.07. The number of nitro groups is 1. The first kappa shape index (κ1) is 24.4. The number of nitrogens with one attached hydrogen (secondary N) is 2. The summed E-state index contributed by atoms with van der Waals surface area (Å²) in [6.45, 7) is 4.40. The van der Waals surface area contributed by atoms with E-state index in [1.807, 2.05) is 18.2 Å². The van der Waals surface area contributed by atoms with E-state index >= 15 is 0 Å². The highest BCUT2D eigenvalue weighted by Gasteiger charge is 2.25. The van der Waals surface area contributed by atoms with Crippen LogP contribution in [0.3, 0.4) is 0 Å². The van der Waals surface area contributed by atoms with E-state index in [0.717, 1.165) is 17.8 Å². The fourth-order valence-corrected chi connectivity index (χ4v) is 4.38. The molecular weight excluding hydrogens is 440 g/mol. The third kappa shape index (κ3) is 6.17.